The van der Waals surface area contributed by atoms with Crippen LogP contribution in [-0.4, -0.2) is 50.7 Å². The molecular weight excluding hydrogens is 482 g/mol. The lowest BCUT2D eigenvalue weighted by Crippen LogP contribution is -2.26. The van der Waals surface area contributed by atoms with Gasteiger partial charge in [-0.05, 0) is 37.3 Å². The van der Waals surface area contributed by atoms with Crippen molar-refractivity contribution in [1.82, 2.24) is 24.4 Å². The lowest BCUT2D eigenvalue weighted by atomic mass is 9.93. The minimum absolute atomic E-state index is 0.0645. The van der Waals surface area contributed by atoms with Crippen molar-refractivity contribution in [3.8, 4) is 28.4 Å². The summed E-state index contributed by atoms with van der Waals surface area (Å²) in [6.45, 7) is 10.5. The van der Waals surface area contributed by atoms with Crippen LogP contribution in [0.1, 0.15) is 45.8 Å². The monoisotopic (exact) mass is 513 g/mol. The lowest BCUT2D eigenvalue weighted by molar-refractivity contribution is 0.226. The number of ether oxygens (including phenoxy) is 1. The molecule has 0 unspecified atom stereocenters. The molecule has 1 aliphatic heterocycles. The van der Waals surface area contributed by atoms with Gasteiger partial charge in [-0.15, -0.1) is 0 Å². The minimum Gasteiger partial charge on any atom is -0.476 e. The van der Waals surface area contributed by atoms with Crippen LogP contribution in [0.2, 0.25) is 0 Å². The third-order valence-electron chi connectivity index (χ3n) is 7.79. The largest absolute Gasteiger partial charge is 0.476 e. The molecule has 5 heterocycles. The number of hydrogen-bond donors (Lipinski definition) is 0. The van der Waals surface area contributed by atoms with E-state index >= 15 is 0 Å². The molecule has 37 heavy (non-hydrogen) atoms. The van der Waals surface area contributed by atoms with Gasteiger partial charge in [-0.25, -0.2) is 9.97 Å². The lowest BCUT2D eigenvalue weighted by Gasteiger charge is -2.15. The fraction of sp³-hybridized carbons (Fsp3) is 0.414. The molecule has 1 aliphatic carbocycles. The quantitative estimate of drug-likeness (QED) is 0.261. The predicted molar refractivity (Wildman–Crippen MR) is 146 cm³/mol. The number of aromatic nitrogens is 4. The highest BCUT2D eigenvalue weighted by atomic mass is 32.1. The maximum absolute atomic E-state index is 6.01. The molecule has 0 amide bonds. The average Bonchev–Trinajstić information content (AvgIpc) is 3.30. The fourth-order valence-electron chi connectivity index (χ4n) is 5.25. The van der Waals surface area contributed by atoms with Gasteiger partial charge in [-0.1, -0.05) is 61.5 Å². The molecule has 2 aliphatic rings. The summed E-state index contributed by atoms with van der Waals surface area (Å²) in [5, 5.41) is 4.26. The number of thiazole rings is 1. The van der Waals surface area contributed by atoms with E-state index in [0.717, 1.165) is 50.1 Å². The molecule has 0 atom stereocenters. The molecule has 1 spiro atoms. The maximum Gasteiger partial charge on any atom is 0.214 e. The summed E-state index contributed by atoms with van der Waals surface area (Å²) in [4.78, 5) is 14.0. The second-order valence-corrected chi connectivity index (χ2v) is 12.6. The molecular formula is C29H31N5O2S. The molecule has 8 heteroatoms. The first-order valence-corrected chi connectivity index (χ1v) is 13.9. The summed E-state index contributed by atoms with van der Waals surface area (Å²) in [6, 6.07) is 14.4. The van der Waals surface area contributed by atoms with Crippen molar-refractivity contribution in [1.29, 1.82) is 0 Å². The Bertz CT molecular complexity index is 1590. The van der Waals surface area contributed by atoms with Crippen molar-refractivity contribution in [2.24, 2.45) is 5.41 Å². The van der Waals surface area contributed by atoms with Crippen LogP contribution in [0, 0.1) is 5.41 Å². The normalized spacial score (nSPS) is 17.4. The van der Waals surface area contributed by atoms with Crippen molar-refractivity contribution in [3.63, 3.8) is 0 Å². The second-order valence-electron chi connectivity index (χ2n) is 11.6. The molecule has 7 nitrogen and oxygen atoms in total. The standard InChI is InChI=1S/C29H31N5O2S/c1-28(2,3)24-16-21(32-36-24)19-4-6-20(7-5-19)22-17-34-23-8-9-25(31-26(23)37-27(34)30-22)35-15-14-33-13-12-29(18-33)10-11-29/h4-9,16-17H,10-15,18H2,1-3H3. The summed E-state index contributed by atoms with van der Waals surface area (Å²) in [5.74, 6) is 1.57. The van der Waals surface area contributed by atoms with Crippen LogP contribution >= 0.6 is 11.3 Å². The Morgan fingerprint density at radius 2 is 1.78 bits per heavy atom. The van der Waals surface area contributed by atoms with Crippen LogP contribution in [0.25, 0.3) is 37.8 Å². The third-order valence-corrected chi connectivity index (χ3v) is 8.76. The Morgan fingerprint density at radius 3 is 2.49 bits per heavy atom. The van der Waals surface area contributed by atoms with E-state index in [0.29, 0.717) is 17.9 Å². The molecule has 5 aromatic rings. The molecule has 2 fully saturated rings. The zero-order chi connectivity index (χ0) is 25.2. The van der Waals surface area contributed by atoms with Gasteiger partial charge in [0.15, 0.2) is 4.96 Å². The van der Waals surface area contributed by atoms with Crippen LogP contribution in [0.3, 0.4) is 0 Å². The fourth-order valence-corrected chi connectivity index (χ4v) is 6.22. The van der Waals surface area contributed by atoms with Crippen molar-refractivity contribution in [2.75, 3.05) is 26.2 Å². The number of pyridine rings is 1. The van der Waals surface area contributed by atoms with E-state index in [1.807, 2.05) is 12.1 Å². The molecule has 0 radical (unpaired) electrons. The molecule has 1 saturated heterocycles. The SMILES string of the molecule is CC(C)(C)c1cc(-c2ccc(-c3cn4c(n3)sc3nc(OCCN5CCC6(CC6)C5)ccc34)cc2)no1. The highest BCUT2D eigenvalue weighted by molar-refractivity contribution is 7.23. The summed E-state index contributed by atoms with van der Waals surface area (Å²) >= 11 is 1.59. The van der Waals surface area contributed by atoms with E-state index in [4.69, 9.17) is 19.2 Å². The molecule has 4 aromatic heterocycles. The summed E-state index contributed by atoms with van der Waals surface area (Å²) in [7, 11) is 0. The molecule has 1 aromatic carbocycles. The van der Waals surface area contributed by atoms with Crippen LogP contribution in [-0.2, 0) is 5.41 Å². The molecule has 0 bridgehead atoms. The first-order chi connectivity index (χ1) is 17.9. The Morgan fingerprint density at radius 1 is 1.00 bits per heavy atom. The van der Waals surface area contributed by atoms with Crippen molar-refractivity contribution < 1.29 is 9.26 Å². The Balaban J connectivity index is 1.05. The van der Waals surface area contributed by atoms with Gasteiger partial charge in [0.1, 0.15) is 22.9 Å². The number of hydrogen-bond acceptors (Lipinski definition) is 7. The van der Waals surface area contributed by atoms with Gasteiger partial charge in [0, 0.05) is 48.0 Å². The minimum atomic E-state index is -0.0645. The number of likely N-dealkylation sites (tertiary alicyclic amines) is 1. The van der Waals surface area contributed by atoms with E-state index in [-0.39, 0.29) is 5.41 Å². The van der Waals surface area contributed by atoms with Crippen molar-refractivity contribution in [3.05, 3.63) is 54.4 Å². The average molecular weight is 514 g/mol. The van der Waals surface area contributed by atoms with E-state index in [9.17, 15) is 0 Å². The first kappa shape index (κ1) is 22.9. The topological polar surface area (TPSA) is 68.7 Å². The number of fused-ring (bicyclic) bond motifs is 3. The Kier molecular flexibility index (Phi) is 5.20. The summed E-state index contributed by atoms with van der Waals surface area (Å²) < 4.78 is 13.7. The Labute approximate surface area is 220 Å². The molecule has 7 rings (SSSR count). The van der Waals surface area contributed by atoms with Gasteiger partial charge in [0.05, 0.1) is 11.2 Å². The van der Waals surface area contributed by atoms with E-state index in [1.54, 1.807) is 11.3 Å². The molecule has 1 saturated carbocycles. The number of rotatable bonds is 6. The second kappa shape index (κ2) is 8.39. The highest BCUT2D eigenvalue weighted by Crippen LogP contribution is 2.52. The van der Waals surface area contributed by atoms with E-state index < -0.39 is 0 Å². The summed E-state index contributed by atoms with van der Waals surface area (Å²) in [6.07, 6.45) is 6.27. The van der Waals surface area contributed by atoms with Gasteiger partial charge < -0.3 is 9.26 Å². The molecule has 190 valence electrons. The van der Waals surface area contributed by atoms with Gasteiger partial charge in [0.2, 0.25) is 5.88 Å². The zero-order valence-electron chi connectivity index (χ0n) is 21.5. The first-order valence-electron chi connectivity index (χ1n) is 13.1. The highest BCUT2D eigenvalue weighted by Gasteiger charge is 2.47. The number of benzene rings is 1. The smallest absolute Gasteiger partial charge is 0.214 e. The Hall–Kier alpha value is -3.23. The van der Waals surface area contributed by atoms with E-state index in [1.165, 1.54) is 32.4 Å². The van der Waals surface area contributed by atoms with Gasteiger partial charge in [-0.2, -0.15) is 0 Å². The van der Waals surface area contributed by atoms with Gasteiger partial charge in [-0.3, -0.25) is 9.30 Å². The van der Waals surface area contributed by atoms with Gasteiger partial charge in [0.25, 0.3) is 0 Å². The summed E-state index contributed by atoms with van der Waals surface area (Å²) in [5.41, 5.74) is 5.54. The number of nitrogens with zero attached hydrogens (tertiary/aromatic N) is 5. The predicted octanol–water partition coefficient (Wildman–Crippen LogP) is 6.43. The maximum atomic E-state index is 6.01. The van der Waals surface area contributed by atoms with E-state index in [2.05, 4.69) is 71.8 Å². The number of imidazole rings is 1. The van der Waals surface area contributed by atoms with Crippen LogP contribution < -0.4 is 4.74 Å². The van der Waals surface area contributed by atoms with Crippen LogP contribution in [0.15, 0.2) is 53.2 Å². The van der Waals surface area contributed by atoms with Gasteiger partial charge >= 0.3 is 0 Å². The van der Waals surface area contributed by atoms with Crippen LogP contribution in [0.4, 0.5) is 0 Å². The zero-order valence-corrected chi connectivity index (χ0v) is 22.3. The van der Waals surface area contributed by atoms with Crippen molar-refractivity contribution >= 4 is 26.6 Å². The van der Waals surface area contributed by atoms with Crippen LogP contribution in [0.5, 0.6) is 5.88 Å². The molecule has 0 N–H and O–H groups in total. The third kappa shape index (κ3) is 4.32. The van der Waals surface area contributed by atoms with Crippen molar-refractivity contribution in [2.45, 2.75) is 45.4 Å².